The molecule has 0 N–H and O–H groups in total. The molecule has 9 aromatic rings. The molecule has 6 heterocycles. The van der Waals surface area contributed by atoms with Crippen molar-refractivity contribution in [1.29, 1.82) is 0 Å². The van der Waals surface area contributed by atoms with E-state index >= 15 is 0 Å². The lowest BCUT2D eigenvalue weighted by molar-refractivity contribution is 0.424. The second-order valence-electron chi connectivity index (χ2n) is 13.5. The van der Waals surface area contributed by atoms with E-state index in [4.69, 9.17) is 9.47 Å². The summed E-state index contributed by atoms with van der Waals surface area (Å²) in [5.74, 6) is 3.43. The van der Waals surface area contributed by atoms with E-state index in [1.807, 2.05) is 0 Å². The average molecular weight is 608 g/mol. The lowest BCUT2D eigenvalue weighted by Gasteiger charge is -2.41. The number of aromatic nitrogens is 2. The topological polar surface area (TPSA) is 28.3 Å². The molecule has 0 fully saturated rings. The Hall–Kier alpha value is -6.13. The minimum atomic E-state index is -0.0787. The van der Waals surface area contributed by atoms with Crippen LogP contribution in [0.3, 0.4) is 0 Å². The third-order valence-corrected chi connectivity index (χ3v) is 11.4. The van der Waals surface area contributed by atoms with Gasteiger partial charge in [0, 0.05) is 65.7 Å². The van der Waals surface area contributed by atoms with E-state index in [0.29, 0.717) is 0 Å². The van der Waals surface area contributed by atoms with E-state index in [1.165, 1.54) is 87.7 Å². The zero-order valence-electron chi connectivity index (χ0n) is 25.6. The standard InChI is InChI=1S/C42H22B2N2O2/c1-5-19-31-23(11-1)25-13-9-15-27-35-36-28-16-10-14-26-24-12-2-6-20-32(24)46(40(26)28)44-30-18-4-8-22-34(30)48-42(38(36)44)41-37(35)43(45(31)39(25)27)29-17-3-7-21-33(29)47-41/h1-22H. The number of nitrogens with zero attached hydrogens (tertiary/aromatic N) is 2. The molecular weight excluding hydrogens is 586 g/mol. The molecule has 6 heteroatoms. The first-order valence-corrected chi connectivity index (χ1v) is 16.7. The summed E-state index contributed by atoms with van der Waals surface area (Å²) in [6.45, 7) is -0.157. The largest absolute Gasteiger partial charge is 0.454 e. The predicted octanol–water partition coefficient (Wildman–Crippen LogP) is 7.38. The number of benzene rings is 7. The smallest absolute Gasteiger partial charge is 0.336 e. The van der Waals surface area contributed by atoms with Crippen molar-refractivity contribution in [3.8, 4) is 45.3 Å². The van der Waals surface area contributed by atoms with Crippen molar-refractivity contribution in [2.45, 2.75) is 0 Å². The quantitative estimate of drug-likeness (QED) is 0.168. The molecule has 0 spiro atoms. The van der Waals surface area contributed by atoms with Gasteiger partial charge in [0.05, 0.1) is 0 Å². The minimum Gasteiger partial charge on any atom is -0.454 e. The highest BCUT2D eigenvalue weighted by Gasteiger charge is 2.50. The van der Waals surface area contributed by atoms with E-state index in [-0.39, 0.29) is 13.7 Å². The summed E-state index contributed by atoms with van der Waals surface area (Å²) in [6.07, 6.45) is 0. The van der Waals surface area contributed by atoms with Crippen LogP contribution < -0.4 is 31.3 Å². The molecule has 4 aliphatic heterocycles. The van der Waals surface area contributed by atoms with Gasteiger partial charge in [0.25, 0.3) is 0 Å². The number of hydrogen-bond acceptors (Lipinski definition) is 2. The maximum atomic E-state index is 7.09. The Bertz CT molecular complexity index is 2790. The van der Waals surface area contributed by atoms with E-state index in [1.54, 1.807) is 0 Å². The number of hydrogen-bond donors (Lipinski definition) is 0. The van der Waals surface area contributed by atoms with Crippen LogP contribution in [0.2, 0.25) is 0 Å². The molecule has 0 atom stereocenters. The maximum Gasteiger partial charge on any atom is 0.336 e. The number of ether oxygens (including phenoxy) is 2. The first-order chi connectivity index (χ1) is 23.9. The second kappa shape index (κ2) is 8.04. The van der Waals surface area contributed by atoms with E-state index in [9.17, 15) is 0 Å². The monoisotopic (exact) mass is 608 g/mol. The molecule has 0 bridgehead atoms. The Kier molecular flexibility index (Phi) is 4.04. The van der Waals surface area contributed by atoms with E-state index in [2.05, 4.69) is 142 Å². The third-order valence-electron chi connectivity index (χ3n) is 11.4. The van der Waals surface area contributed by atoms with Crippen molar-refractivity contribution in [3.05, 3.63) is 133 Å². The Morgan fingerprint density at radius 2 is 0.812 bits per heavy atom. The highest BCUT2D eigenvalue weighted by Crippen LogP contribution is 2.52. The van der Waals surface area contributed by atoms with Gasteiger partial charge in [-0.25, -0.2) is 0 Å². The molecule has 2 aromatic heterocycles. The Morgan fingerprint density at radius 1 is 0.396 bits per heavy atom. The van der Waals surface area contributed by atoms with Gasteiger partial charge in [0.2, 0.25) is 0 Å². The van der Waals surface area contributed by atoms with Gasteiger partial charge in [-0.1, -0.05) is 109 Å². The summed E-state index contributed by atoms with van der Waals surface area (Å²) < 4.78 is 19.3. The SMILES string of the molecule is c1ccc2c(c1)Oc1c3c4c(c5c1B2n1c2ccccc2c2cccc-5c21)-c1cccc2c5ccccc5n(c12)B4c1ccccc1O3. The molecule has 0 unspecified atom stereocenters. The van der Waals surface area contributed by atoms with Crippen LogP contribution in [0.25, 0.3) is 65.9 Å². The average Bonchev–Trinajstić information content (AvgIpc) is 3.66. The summed E-state index contributed by atoms with van der Waals surface area (Å²) in [6, 6.07) is 48.5. The molecule has 48 heavy (non-hydrogen) atoms. The zero-order valence-corrected chi connectivity index (χ0v) is 25.6. The molecule has 13 rings (SSSR count). The number of rotatable bonds is 0. The van der Waals surface area contributed by atoms with Crippen LogP contribution >= 0.6 is 0 Å². The summed E-state index contributed by atoms with van der Waals surface area (Å²) in [5.41, 5.74) is 14.8. The summed E-state index contributed by atoms with van der Waals surface area (Å²) in [5, 5.41) is 5.11. The summed E-state index contributed by atoms with van der Waals surface area (Å²) >= 11 is 0. The lowest BCUT2D eigenvalue weighted by Crippen LogP contribution is -2.58. The molecule has 4 nitrogen and oxygen atoms in total. The van der Waals surface area contributed by atoms with Gasteiger partial charge in [-0.3, -0.25) is 0 Å². The van der Waals surface area contributed by atoms with Crippen LogP contribution in [0.5, 0.6) is 23.0 Å². The number of para-hydroxylation sites is 6. The van der Waals surface area contributed by atoms with Crippen molar-refractivity contribution < 1.29 is 9.47 Å². The van der Waals surface area contributed by atoms with Gasteiger partial charge >= 0.3 is 13.7 Å². The van der Waals surface area contributed by atoms with Crippen molar-refractivity contribution in [3.63, 3.8) is 0 Å². The van der Waals surface area contributed by atoms with Crippen LogP contribution in [-0.2, 0) is 0 Å². The molecule has 0 saturated carbocycles. The fourth-order valence-corrected chi connectivity index (χ4v) is 9.74. The van der Waals surface area contributed by atoms with Crippen LogP contribution in [0.15, 0.2) is 133 Å². The Balaban J connectivity index is 1.32. The molecule has 0 saturated heterocycles. The molecule has 0 amide bonds. The van der Waals surface area contributed by atoms with Gasteiger partial charge in [-0.2, -0.15) is 0 Å². The second-order valence-corrected chi connectivity index (χ2v) is 13.5. The highest BCUT2D eigenvalue weighted by atomic mass is 16.5. The third kappa shape index (κ3) is 2.54. The zero-order chi connectivity index (χ0) is 30.8. The van der Waals surface area contributed by atoms with Crippen molar-refractivity contribution >= 4 is 79.2 Å². The molecule has 0 aliphatic carbocycles. The summed E-state index contributed by atoms with van der Waals surface area (Å²) in [7, 11) is 0. The van der Waals surface area contributed by atoms with Crippen LogP contribution in [0.4, 0.5) is 0 Å². The van der Waals surface area contributed by atoms with Gasteiger partial charge in [0.15, 0.2) is 11.5 Å². The van der Waals surface area contributed by atoms with Crippen molar-refractivity contribution in [1.82, 2.24) is 8.96 Å². The highest BCUT2D eigenvalue weighted by molar-refractivity contribution is 6.92. The fourth-order valence-electron chi connectivity index (χ4n) is 9.74. The number of fused-ring (bicyclic) bond motifs is 16. The Morgan fingerprint density at radius 3 is 1.31 bits per heavy atom. The molecule has 0 radical (unpaired) electrons. The first-order valence-electron chi connectivity index (χ1n) is 16.7. The Labute approximate surface area is 275 Å². The van der Waals surface area contributed by atoms with Crippen molar-refractivity contribution in [2.75, 3.05) is 0 Å². The molecule has 218 valence electrons. The lowest BCUT2D eigenvalue weighted by atomic mass is 9.41. The molecule has 4 aliphatic rings. The molecular formula is C42H22B2N2O2. The fraction of sp³-hybridized carbons (Fsp3) is 0. The van der Waals surface area contributed by atoms with Crippen LogP contribution in [0, 0.1) is 0 Å². The van der Waals surface area contributed by atoms with Crippen LogP contribution in [0.1, 0.15) is 0 Å². The van der Waals surface area contributed by atoms with Crippen molar-refractivity contribution in [2.24, 2.45) is 0 Å². The predicted molar refractivity (Wildman–Crippen MR) is 197 cm³/mol. The van der Waals surface area contributed by atoms with E-state index < -0.39 is 0 Å². The van der Waals surface area contributed by atoms with E-state index in [0.717, 1.165) is 23.0 Å². The van der Waals surface area contributed by atoms with Gasteiger partial charge in [0.1, 0.15) is 11.5 Å². The maximum absolute atomic E-state index is 7.09. The first kappa shape index (κ1) is 24.1. The van der Waals surface area contributed by atoms with Gasteiger partial charge in [-0.15, -0.1) is 0 Å². The van der Waals surface area contributed by atoms with Crippen LogP contribution in [-0.4, -0.2) is 22.7 Å². The summed E-state index contributed by atoms with van der Waals surface area (Å²) in [4.78, 5) is 0. The normalized spacial score (nSPS) is 14.1. The molecule has 7 aromatic carbocycles. The van der Waals surface area contributed by atoms with Gasteiger partial charge in [-0.05, 0) is 46.3 Å². The minimum absolute atomic E-state index is 0.0787. The van der Waals surface area contributed by atoms with Gasteiger partial charge < -0.3 is 18.4 Å².